The summed E-state index contributed by atoms with van der Waals surface area (Å²) in [5.41, 5.74) is 1.01. The Morgan fingerprint density at radius 2 is 1.79 bits per heavy atom. The van der Waals surface area contributed by atoms with E-state index in [1.54, 1.807) is 6.92 Å². The van der Waals surface area contributed by atoms with Crippen LogP contribution in [0.3, 0.4) is 0 Å². The van der Waals surface area contributed by atoms with Gasteiger partial charge in [-0.15, -0.1) is 0 Å². The number of anilines is 1. The molecule has 0 aliphatic rings. The normalized spacial score (nSPS) is 10.6. The summed E-state index contributed by atoms with van der Waals surface area (Å²) in [5.74, 6) is -0.405. The van der Waals surface area contributed by atoms with Crippen LogP contribution in [0.1, 0.15) is 12.6 Å². The molecule has 2 aromatic rings. The Kier molecular flexibility index (Phi) is 4.09. The third kappa shape index (κ3) is 3.07. The Morgan fingerprint density at radius 1 is 1.16 bits per heavy atom. The number of aromatic nitrogens is 2. The predicted octanol–water partition coefficient (Wildman–Crippen LogP) is 3.92. The van der Waals surface area contributed by atoms with Gasteiger partial charge in [0.15, 0.2) is 5.82 Å². The van der Waals surface area contributed by atoms with Gasteiger partial charge in [0, 0.05) is 18.2 Å². The van der Waals surface area contributed by atoms with Crippen molar-refractivity contribution in [2.45, 2.75) is 13.8 Å². The predicted molar refractivity (Wildman–Crippen MR) is 74.0 cm³/mol. The van der Waals surface area contributed by atoms with Gasteiger partial charge in [0.05, 0.1) is 10.2 Å². The molecule has 1 heterocycles. The number of halogens is 3. The van der Waals surface area contributed by atoms with E-state index in [-0.39, 0.29) is 5.82 Å². The molecule has 0 saturated heterocycles. The van der Waals surface area contributed by atoms with Crippen molar-refractivity contribution >= 4 is 21.7 Å². The van der Waals surface area contributed by atoms with Crippen LogP contribution < -0.4 is 5.32 Å². The highest BCUT2D eigenvalue weighted by Gasteiger charge is 2.12. The second kappa shape index (κ2) is 5.61. The van der Waals surface area contributed by atoms with Gasteiger partial charge in [0.2, 0.25) is 0 Å². The summed E-state index contributed by atoms with van der Waals surface area (Å²) in [6.45, 7) is 4.42. The van der Waals surface area contributed by atoms with Crippen molar-refractivity contribution in [1.29, 1.82) is 0 Å². The molecule has 0 amide bonds. The maximum atomic E-state index is 13.2. The Bertz CT molecular complexity index is 597. The topological polar surface area (TPSA) is 37.8 Å². The van der Waals surface area contributed by atoms with Crippen molar-refractivity contribution < 1.29 is 8.78 Å². The van der Waals surface area contributed by atoms with Crippen molar-refractivity contribution in [3.63, 3.8) is 0 Å². The smallest absolute Gasteiger partial charge is 0.162 e. The summed E-state index contributed by atoms with van der Waals surface area (Å²) in [6.07, 6.45) is 0. The summed E-state index contributed by atoms with van der Waals surface area (Å²) >= 11 is 3.38. The maximum Gasteiger partial charge on any atom is 0.162 e. The lowest BCUT2D eigenvalue weighted by atomic mass is 10.2. The minimum Gasteiger partial charge on any atom is -0.369 e. The first-order valence-electron chi connectivity index (χ1n) is 5.75. The number of benzene rings is 1. The van der Waals surface area contributed by atoms with E-state index in [4.69, 9.17) is 0 Å². The minimum absolute atomic E-state index is 0.287. The van der Waals surface area contributed by atoms with E-state index in [9.17, 15) is 8.78 Å². The summed E-state index contributed by atoms with van der Waals surface area (Å²) < 4.78 is 27.2. The van der Waals surface area contributed by atoms with E-state index in [0.29, 0.717) is 23.6 Å². The number of rotatable bonds is 3. The van der Waals surface area contributed by atoms with Gasteiger partial charge in [0.25, 0.3) is 0 Å². The van der Waals surface area contributed by atoms with Crippen LogP contribution in [0, 0.1) is 18.6 Å². The van der Waals surface area contributed by atoms with Gasteiger partial charge >= 0.3 is 0 Å². The van der Waals surface area contributed by atoms with Crippen LogP contribution in [0.2, 0.25) is 0 Å². The molecule has 1 aromatic carbocycles. The Labute approximate surface area is 118 Å². The number of nitrogens with one attached hydrogen (secondary N) is 1. The van der Waals surface area contributed by atoms with Crippen LogP contribution in [0.25, 0.3) is 11.4 Å². The zero-order valence-electron chi connectivity index (χ0n) is 10.5. The zero-order valence-corrected chi connectivity index (χ0v) is 12.1. The van der Waals surface area contributed by atoms with Gasteiger partial charge in [-0.05, 0) is 41.9 Å². The maximum absolute atomic E-state index is 13.2. The van der Waals surface area contributed by atoms with E-state index in [1.807, 2.05) is 6.92 Å². The first kappa shape index (κ1) is 13.9. The molecule has 6 heteroatoms. The largest absolute Gasteiger partial charge is 0.369 e. The molecule has 19 heavy (non-hydrogen) atoms. The first-order chi connectivity index (χ1) is 9.01. The van der Waals surface area contributed by atoms with Crippen molar-refractivity contribution in [3.8, 4) is 11.4 Å². The molecular formula is C13H12BrF2N3. The molecule has 3 nitrogen and oxygen atoms in total. The number of hydrogen-bond acceptors (Lipinski definition) is 3. The molecule has 0 unspecified atom stereocenters. The van der Waals surface area contributed by atoms with Gasteiger partial charge in [-0.25, -0.2) is 18.7 Å². The SMILES string of the molecule is CCNc1nc(-c2cc(F)cc(F)c2)nc(C)c1Br. The van der Waals surface area contributed by atoms with E-state index in [0.717, 1.165) is 10.5 Å². The third-order valence-corrected chi connectivity index (χ3v) is 3.43. The molecule has 0 aliphatic carbocycles. The standard InChI is InChI=1S/C13H12BrF2N3/c1-3-17-13-11(14)7(2)18-12(19-13)8-4-9(15)6-10(16)5-8/h4-6H,3H2,1-2H3,(H,17,18,19). The number of aryl methyl sites for hydroxylation is 1. The molecule has 2 rings (SSSR count). The highest BCUT2D eigenvalue weighted by Crippen LogP contribution is 2.27. The zero-order chi connectivity index (χ0) is 14.0. The first-order valence-corrected chi connectivity index (χ1v) is 6.55. The molecule has 0 saturated carbocycles. The molecule has 1 aromatic heterocycles. The Morgan fingerprint density at radius 3 is 2.37 bits per heavy atom. The van der Waals surface area contributed by atoms with Crippen molar-refractivity contribution in [2.24, 2.45) is 0 Å². The van der Waals surface area contributed by atoms with Crippen LogP contribution >= 0.6 is 15.9 Å². The molecule has 0 aliphatic heterocycles. The van der Waals surface area contributed by atoms with Crippen LogP contribution in [0.15, 0.2) is 22.7 Å². The van der Waals surface area contributed by atoms with Crippen molar-refractivity contribution in [1.82, 2.24) is 9.97 Å². The number of nitrogens with zero attached hydrogens (tertiary/aromatic N) is 2. The van der Waals surface area contributed by atoms with Gasteiger partial charge in [-0.1, -0.05) is 0 Å². The van der Waals surface area contributed by atoms with Gasteiger partial charge < -0.3 is 5.32 Å². The van der Waals surface area contributed by atoms with Gasteiger partial charge in [-0.3, -0.25) is 0 Å². The van der Waals surface area contributed by atoms with Crippen LogP contribution in [-0.4, -0.2) is 16.5 Å². The monoisotopic (exact) mass is 327 g/mol. The fourth-order valence-electron chi connectivity index (χ4n) is 1.66. The second-order valence-electron chi connectivity index (χ2n) is 3.98. The lowest BCUT2D eigenvalue weighted by Gasteiger charge is -2.10. The van der Waals surface area contributed by atoms with Crippen LogP contribution in [0.5, 0.6) is 0 Å². The van der Waals surface area contributed by atoms with Crippen LogP contribution in [0.4, 0.5) is 14.6 Å². The third-order valence-electron chi connectivity index (χ3n) is 2.48. The minimum atomic E-state index is -0.649. The molecule has 0 bridgehead atoms. The Hall–Kier alpha value is -1.56. The van der Waals surface area contributed by atoms with E-state index in [1.165, 1.54) is 12.1 Å². The summed E-state index contributed by atoms with van der Waals surface area (Å²) in [4.78, 5) is 8.51. The average molecular weight is 328 g/mol. The molecule has 0 radical (unpaired) electrons. The molecule has 1 N–H and O–H groups in total. The highest BCUT2D eigenvalue weighted by molar-refractivity contribution is 9.10. The quantitative estimate of drug-likeness (QED) is 0.928. The Balaban J connectivity index is 2.55. The molecule has 100 valence electrons. The average Bonchev–Trinajstić information content (AvgIpc) is 2.33. The van der Waals surface area contributed by atoms with E-state index >= 15 is 0 Å². The lowest BCUT2D eigenvalue weighted by Crippen LogP contribution is -2.04. The number of hydrogen-bond donors (Lipinski definition) is 1. The molecule has 0 atom stereocenters. The lowest BCUT2D eigenvalue weighted by molar-refractivity contribution is 0.584. The summed E-state index contributed by atoms with van der Waals surface area (Å²) in [6, 6.07) is 3.24. The summed E-state index contributed by atoms with van der Waals surface area (Å²) in [7, 11) is 0. The molecule has 0 spiro atoms. The highest BCUT2D eigenvalue weighted by atomic mass is 79.9. The fourth-order valence-corrected chi connectivity index (χ4v) is 1.97. The molecular weight excluding hydrogens is 316 g/mol. The second-order valence-corrected chi connectivity index (χ2v) is 4.78. The van der Waals surface area contributed by atoms with E-state index < -0.39 is 11.6 Å². The van der Waals surface area contributed by atoms with Gasteiger partial charge in [0.1, 0.15) is 17.5 Å². The fraction of sp³-hybridized carbons (Fsp3) is 0.231. The molecule has 0 fully saturated rings. The van der Waals surface area contributed by atoms with E-state index in [2.05, 4.69) is 31.2 Å². The summed E-state index contributed by atoms with van der Waals surface area (Å²) in [5, 5.41) is 3.07. The van der Waals surface area contributed by atoms with Crippen molar-refractivity contribution in [2.75, 3.05) is 11.9 Å². The van der Waals surface area contributed by atoms with Crippen molar-refractivity contribution in [3.05, 3.63) is 40.0 Å². The van der Waals surface area contributed by atoms with Crippen LogP contribution in [-0.2, 0) is 0 Å². The van der Waals surface area contributed by atoms with Gasteiger partial charge in [-0.2, -0.15) is 0 Å².